The molecule has 3 aliphatic heterocycles. The van der Waals surface area contributed by atoms with Crippen molar-refractivity contribution in [3.8, 4) is 0 Å². The van der Waals surface area contributed by atoms with Gasteiger partial charge in [0.05, 0.1) is 12.3 Å². The predicted molar refractivity (Wildman–Crippen MR) is 98.5 cm³/mol. The molecule has 1 N–H and O–H groups in total. The molecule has 0 aromatic rings. The van der Waals surface area contributed by atoms with Crippen LogP contribution in [0.2, 0.25) is 0 Å². The van der Waals surface area contributed by atoms with E-state index in [1.165, 1.54) is 24.3 Å². The first-order chi connectivity index (χ1) is 12.2. The van der Waals surface area contributed by atoms with Gasteiger partial charge in [-0.15, -0.1) is 0 Å². The minimum absolute atomic E-state index is 0.0558. The minimum Gasteiger partial charge on any atom is -0.458 e. The van der Waals surface area contributed by atoms with Crippen LogP contribution in [0.4, 0.5) is 0 Å². The Labute approximate surface area is 154 Å². The number of piperidine rings is 1. The molecule has 0 aromatic heterocycles. The zero-order valence-corrected chi connectivity index (χ0v) is 15.8. The van der Waals surface area contributed by atoms with Gasteiger partial charge in [0.2, 0.25) is 5.91 Å². The molecule has 3 heterocycles. The molecule has 25 heavy (non-hydrogen) atoms. The summed E-state index contributed by atoms with van der Waals surface area (Å²) < 4.78 is 5.62. The van der Waals surface area contributed by atoms with Crippen LogP contribution in [0.1, 0.15) is 57.8 Å². The van der Waals surface area contributed by atoms with Gasteiger partial charge >= 0.3 is 5.97 Å². The summed E-state index contributed by atoms with van der Waals surface area (Å²) in [6.07, 6.45) is 8.80. The second-order valence-electron chi connectivity index (χ2n) is 8.17. The maximum Gasteiger partial charge on any atom is 0.307 e. The topological polar surface area (TPSA) is 58.6 Å². The normalized spacial score (nSPS) is 31.4. The van der Waals surface area contributed by atoms with Gasteiger partial charge in [0.15, 0.2) is 0 Å². The Kier molecular flexibility index (Phi) is 5.28. The average Bonchev–Trinajstić information content (AvgIpc) is 3.23. The smallest absolute Gasteiger partial charge is 0.307 e. The van der Waals surface area contributed by atoms with Crippen molar-refractivity contribution in [3.05, 3.63) is 0 Å². The standard InChI is InChI=1S/C19H30N2O3S/c22-17-13-16(19(24-17)7-1-2-8-19)18(23)20-14-3-9-21(10-4-14)15-5-11-25-12-6-15/h14-16H,1-13H2,(H,20,23). The zero-order chi connectivity index (χ0) is 17.3. The first kappa shape index (κ1) is 17.7. The maximum absolute atomic E-state index is 12.8. The van der Waals surface area contributed by atoms with Crippen LogP contribution in [0.3, 0.4) is 0 Å². The molecule has 6 heteroatoms. The quantitative estimate of drug-likeness (QED) is 0.777. The van der Waals surface area contributed by atoms with E-state index < -0.39 is 5.60 Å². The van der Waals surface area contributed by atoms with E-state index in [1.54, 1.807) is 0 Å². The fraction of sp³-hybridized carbons (Fsp3) is 0.895. The highest BCUT2D eigenvalue weighted by molar-refractivity contribution is 7.99. The summed E-state index contributed by atoms with van der Waals surface area (Å²) in [6.45, 7) is 2.18. The highest BCUT2D eigenvalue weighted by Crippen LogP contribution is 2.45. The Balaban J connectivity index is 1.29. The number of rotatable bonds is 3. The Bertz CT molecular complexity index is 507. The van der Waals surface area contributed by atoms with Crippen molar-refractivity contribution < 1.29 is 14.3 Å². The summed E-state index contributed by atoms with van der Waals surface area (Å²) >= 11 is 2.07. The molecular formula is C19H30N2O3S. The van der Waals surface area contributed by atoms with Crippen LogP contribution in [0.25, 0.3) is 0 Å². The number of carbonyl (C=O) groups excluding carboxylic acids is 2. The first-order valence-corrected chi connectivity index (χ1v) is 11.2. The molecule has 1 aliphatic carbocycles. The molecule has 1 unspecified atom stereocenters. The highest BCUT2D eigenvalue weighted by Gasteiger charge is 2.54. The molecule has 1 spiro atoms. The van der Waals surface area contributed by atoms with Crippen LogP contribution in [0.5, 0.6) is 0 Å². The second-order valence-corrected chi connectivity index (χ2v) is 9.39. The van der Waals surface area contributed by atoms with Gasteiger partial charge in [-0.05, 0) is 62.9 Å². The van der Waals surface area contributed by atoms with E-state index in [0.717, 1.165) is 57.7 Å². The van der Waals surface area contributed by atoms with Crippen molar-refractivity contribution in [1.29, 1.82) is 0 Å². The van der Waals surface area contributed by atoms with Crippen molar-refractivity contribution in [2.75, 3.05) is 24.6 Å². The number of nitrogens with one attached hydrogen (secondary N) is 1. The SMILES string of the molecule is O=C1CC(C(=O)NC2CCN(C3CCSCC3)CC2)C2(CCCC2)O1. The van der Waals surface area contributed by atoms with E-state index >= 15 is 0 Å². The predicted octanol–water partition coefficient (Wildman–Crippen LogP) is 2.34. The molecule has 140 valence electrons. The molecule has 5 nitrogen and oxygen atoms in total. The number of hydrogen-bond donors (Lipinski definition) is 1. The number of thioether (sulfide) groups is 1. The summed E-state index contributed by atoms with van der Waals surface area (Å²) in [5, 5.41) is 3.25. The maximum atomic E-state index is 12.8. The molecule has 4 rings (SSSR count). The zero-order valence-electron chi connectivity index (χ0n) is 15.0. The Morgan fingerprint density at radius 3 is 2.48 bits per heavy atom. The summed E-state index contributed by atoms with van der Waals surface area (Å²) in [6, 6.07) is 1.01. The lowest BCUT2D eigenvalue weighted by Gasteiger charge is -2.39. The van der Waals surface area contributed by atoms with Gasteiger partial charge in [-0.3, -0.25) is 9.59 Å². The van der Waals surface area contributed by atoms with Gasteiger partial charge < -0.3 is 15.0 Å². The fourth-order valence-electron chi connectivity index (χ4n) is 5.21. The second kappa shape index (κ2) is 7.47. The molecule has 1 amide bonds. The van der Waals surface area contributed by atoms with Gasteiger partial charge in [0.1, 0.15) is 5.60 Å². The van der Waals surface area contributed by atoms with Gasteiger partial charge in [-0.1, -0.05) is 0 Å². The number of nitrogens with zero attached hydrogens (tertiary/aromatic N) is 1. The van der Waals surface area contributed by atoms with Crippen LogP contribution < -0.4 is 5.32 Å². The molecular weight excluding hydrogens is 336 g/mol. The van der Waals surface area contributed by atoms with Crippen molar-refractivity contribution in [1.82, 2.24) is 10.2 Å². The third-order valence-electron chi connectivity index (χ3n) is 6.67. The number of esters is 1. The average molecular weight is 367 g/mol. The third-order valence-corrected chi connectivity index (χ3v) is 7.72. The van der Waals surface area contributed by atoms with E-state index in [9.17, 15) is 9.59 Å². The molecule has 1 saturated carbocycles. The number of carbonyl (C=O) groups is 2. The monoisotopic (exact) mass is 366 g/mol. The van der Waals surface area contributed by atoms with Gasteiger partial charge in [-0.2, -0.15) is 11.8 Å². The van der Waals surface area contributed by atoms with Crippen LogP contribution >= 0.6 is 11.8 Å². The van der Waals surface area contributed by atoms with Gasteiger partial charge in [-0.25, -0.2) is 0 Å². The first-order valence-electron chi connectivity index (χ1n) is 10.0. The third kappa shape index (κ3) is 3.70. The minimum atomic E-state index is -0.484. The van der Waals surface area contributed by atoms with Crippen molar-refractivity contribution in [3.63, 3.8) is 0 Å². The summed E-state index contributed by atoms with van der Waals surface area (Å²) in [7, 11) is 0. The molecule has 3 saturated heterocycles. The summed E-state index contributed by atoms with van der Waals surface area (Å²) in [5.74, 6) is 2.18. The number of ether oxygens (including phenoxy) is 1. The number of amides is 1. The van der Waals surface area contributed by atoms with E-state index in [0.29, 0.717) is 0 Å². The molecule has 1 atom stereocenters. The van der Waals surface area contributed by atoms with Crippen LogP contribution in [-0.4, -0.2) is 59.1 Å². The van der Waals surface area contributed by atoms with Crippen LogP contribution in [0, 0.1) is 5.92 Å². The van der Waals surface area contributed by atoms with Gasteiger partial charge in [0, 0.05) is 25.2 Å². The molecule has 4 fully saturated rings. The number of likely N-dealkylation sites (tertiary alicyclic amines) is 1. The lowest BCUT2D eigenvalue weighted by molar-refractivity contribution is -0.150. The summed E-state index contributed by atoms with van der Waals surface area (Å²) in [4.78, 5) is 27.3. The van der Waals surface area contributed by atoms with Gasteiger partial charge in [0.25, 0.3) is 0 Å². The van der Waals surface area contributed by atoms with E-state index in [2.05, 4.69) is 22.0 Å². The summed E-state index contributed by atoms with van der Waals surface area (Å²) in [5.41, 5.74) is -0.484. The Hall–Kier alpha value is -0.750. The van der Waals surface area contributed by atoms with Crippen molar-refractivity contribution in [2.45, 2.75) is 75.5 Å². The molecule has 0 aromatic carbocycles. The molecule has 4 aliphatic rings. The lowest BCUT2D eigenvalue weighted by atomic mass is 9.84. The fourth-order valence-corrected chi connectivity index (χ4v) is 6.29. The lowest BCUT2D eigenvalue weighted by Crippen LogP contribution is -2.51. The van der Waals surface area contributed by atoms with Crippen LogP contribution in [-0.2, 0) is 14.3 Å². The number of hydrogen-bond acceptors (Lipinski definition) is 5. The van der Waals surface area contributed by atoms with Crippen molar-refractivity contribution in [2.24, 2.45) is 5.92 Å². The molecule has 0 bridgehead atoms. The Morgan fingerprint density at radius 2 is 1.80 bits per heavy atom. The highest BCUT2D eigenvalue weighted by atomic mass is 32.2. The van der Waals surface area contributed by atoms with E-state index in [4.69, 9.17) is 4.74 Å². The van der Waals surface area contributed by atoms with Crippen LogP contribution in [0.15, 0.2) is 0 Å². The van der Waals surface area contributed by atoms with Crippen molar-refractivity contribution >= 4 is 23.6 Å². The van der Waals surface area contributed by atoms with E-state index in [1.807, 2.05) is 0 Å². The van der Waals surface area contributed by atoms with E-state index in [-0.39, 0.29) is 30.3 Å². The molecule has 0 radical (unpaired) electrons. The largest absolute Gasteiger partial charge is 0.458 e. The Morgan fingerprint density at radius 1 is 1.12 bits per heavy atom.